The number of likely N-dealkylation sites (tertiary alicyclic amines) is 1. The van der Waals surface area contributed by atoms with Crippen LogP contribution in [0.1, 0.15) is 28.3 Å². The summed E-state index contributed by atoms with van der Waals surface area (Å²) in [5.41, 5.74) is 6.69. The first-order chi connectivity index (χ1) is 11.5. The first-order valence-electron chi connectivity index (χ1n) is 7.64. The summed E-state index contributed by atoms with van der Waals surface area (Å²) in [6, 6.07) is 6.61. The SMILES string of the molecule is Cc1nc(C(=O)N2CCC[CH]C2C(N)=O)c(-c2ccc(Cl)cc2)s1. The third-order valence-electron chi connectivity index (χ3n) is 3.92. The minimum Gasteiger partial charge on any atom is -0.368 e. The molecule has 1 fully saturated rings. The smallest absolute Gasteiger partial charge is 0.274 e. The van der Waals surface area contributed by atoms with E-state index < -0.39 is 11.9 Å². The molecule has 2 N–H and O–H groups in total. The maximum Gasteiger partial charge on any atom is 0.274 e. The van der Waals surface area contributed by atoms with Crippen molar-refractivity contribution in [1.29, 1.82) is 0 Å². The Bertz CT molecular complexity index is 773. The Kier molecular flexibility index (Phi) is 4.87. The Balaban J connectivity index is 1.98. The van der Waals surface area contributed by atoms with E-state index in [2.05, 4.69) is 4.98 Å². The molecule has 2 aromatic rings. The van der Waals surface area contributed by atoms with Crippen molar-refractivity contribution in [2.45, 2.75) is 25.8 Å². The number of nitrogens with two attached hydrogens (primary N) is 1. The fourth-order valence-electron chi connectivity index (χ4n) is 2.81. The molecule has 24 heavy (non-hydrogen) atoms. The van der Waals surface area contributed by atoms with E-state index >= 15 is 0 Å². The summed E-state index contributed by atoms with van der Waals surface area (Å²) in [4.78, 5) is 31.4. The number of piperidine rings is 1. The Labute approximate surface area is 149 Å². The van der Waals surface area contributed by atoms with Gasteiger partial charge in [0.15, 0.2) is 0 Å². The second-order valence-corrected chi connectivity index (χ2v) is 7.28. The van der Waals surface area contributed by atoms with E-state index in [1.165, 1.54) is 16.2 Å². The largest absolute Gasteiger partial charge is 0.368 e. The normalized spacial score (nSPS) is 17.8. The van der Waals surface area contributed by atoms with E-state index in [9.17, 15) is 9.59 Å². The number of amides is 2. The van der Waals surface area contributed by atoms with Crippen LogP contribution in [-0.2, 0) is 4.79 Å². The van der Waals surface area contributed by atoms with Crippen LogP contribution in [0.5, 0.6) is 0 Å². The molecule has 125 valence electrons. The molecule has 0 saturated carbocycles. The molecule has 1 aliphatic heterocycles. The Morgan fingerprint density at radius 3 is 2.71 bits per heavy atom. The number of primary amides is 1. The molecule has 1 atom stereocenters. The predicted octanol–water partition coefficient (Wildman–Crippen LogP) is 3.07. The average Bonchev–Trinajstić information content (AvgIpc) is 2.96. The molecule has 1 aliphatic rings. The zero-order chi connectivity index (χ0) is 17.3. The predicted molar refractivity (Wildman–Crippen MR) is 94.8 cm³/mol. The van der Waals surface area contributed by atoms with Gasteiger partial charge >= 0.3 is 0 Å². The van der Waals surface area contributed by atoms with Gasteiger partial charge in [0.2, 0.25) is 5.91 Å². The Morgan fingerprint density at radius 1 is 1.33 bits per heavy atom. The number of hydrogen-bond donors (Lipinski definition) is 1. The summed E-state index contributed by atoms with van der Waals surface area (Å²) >= 11 is 7.39. The average molecular weight is 363 g/mol. The summed E-state index contributed by atoms with van der Waals surface area (Å²) < 4.78 is 0. The Morgan fingerprint density at radius 2 is 2.04 bits per heavy atom. The van der Waals surface area contributed by atoms with Crippen LogP contribution in [0.4, 0.5) is 0 Å². The third-order valence-corrected chi connectivity index (χ3v) is 5.20. The van der Waals surface area contributed by atoms with Gasteiger partial charge in [0.1, 0.15) is 11.7 Å². The van der Waals surface area contributed by atoms with Gasteiger partial charge in [-0.15, -0.1) is 11.3 Å². The van der Waals surface area contributed by atoms with Gasteiger partial charge in [0.05, 0.1) is 9.88 Å². The lowest BCUT2D eigenvalue weighted by atomic mass is 10.0. The molecular weight excluding hydrogens is 346 g/mol. The fraction of sp³-hybridized carbons (Fsp3) is 0.294. The van der Waals surface area contributed by atoms with Crippen molar-refractivity contribution < 1.29 is 9.59 Å². The van der Waals surface area contributed by atoms with Crippen LogP contribution >= 0.6 is 22.9 Å². The monoisotopic (exact) mass is 362 g/mol. The molecule has 0 aliphatic carbocycles. The highest BCUT2D eigenvalue weighted by Crippen LogP contribution is 2.32. The number of halogens is 1. The summed E-state index contributed by atoms with van der Waals surface area (Å²) in [6.45, 7) is 2.36. The van der Waals surface area contributed by atoms with E-state index in [0.717, 1.165) is 28.3 Å². The van der Waals surface area contributed by atoms with Gasteiger partial charge < -0.3 is 10.6 Å². The van der Waals surface area contributed by atoms with Crippen molar-refractivity contribution in [3.05, 3.63) is 46.4 Å². The molecule has 2 amide bonds. The summed E-state index contributed by atoms with van der Waals surface area (Å²) in [5.74, 6) is -0.771. The Hall–Kier alpha value is -1.92. The zero-order valence-electron chi connectivity index (χ0n) is 13.2. The first kappa shape index (κ1) is 16.9. The van der Waals surface area contributed by atoms with Crippen LogP contribution in [0, 0.1) is 13.3 Å². The number of aromatic nitrogens is 1. The lowest BCUT2D eigenvalue weighted by molar-refractivity contribution is -0.121. The molecule has 0 spiro atoms. The summed E-state index contributed by atoms with van der Waals surface area (Å²) in [5, 5.41) is 1.42. The zero-order valence-corrected chi connectivity index (χ0v) is 14.7. The van der Waals surface area contributed by atoms with E-state index in [0.29, 0.717) is 17.3 Å². The molecule has 1 saturated heterocycles. The minimum atomic E-state index is -0.675. The number of rotatable bonds is 3. The maximum absolute atomic E-state index is 13.0. The standard InChI is InChI=1S/C17H17ClN3O2S/c1-10-20-14(15(24-10)11-5-7-12(18)8-6-11)17(23)21-9-3-2-4-13(21)16(19)22/h4-8,13H,2-3,9H2,1H3,(H2,19,22). The lowest BCUT2D eigenvalue weighted by Gasteiger charge is -2.33. The number of nitrogens with zero attached hydrogens (tertiary/aromatic N) is 2. The number of hydrogen-bond acceptors (Lipinski definition) is 4. The van der Waals surface area contributed by atoms with Crippen LogP contribution in [0.25, 0.3) is 10.4 Å². The van der Waals surface area contributed by atoms with Crippen LogP contribution < -0.4 is 5.73 Å². The topological polar surface area (TPSA) is 76.3 Å². The number of benzene rings is 1. The molecule has 5 nitrogen and oxygen atoms in total. The van der Waals surface area contributed by atoms with Gasteiger partial charge in [-0.05, 0) is 43.9 Å². The van der Waals surface area contributed by atoms with Crippen molar-refractivity contribution in [3.63, 3.8) is 0 Å². The molecule has 0 bridgehead atoms. The number of carbonyl (C=O) groups is 2. The van der Waals surface area contributed by atoms with Crippen LogP contribution in [-0.4, -0.2) is 34.3 Å². The lowest BCUT2D eigenvalue weighted by Crippen LogP contribution is -2.51. The van der Waals surface area contributed by atoms with Gasteiger partial charge in [-0.3, -0.25) is 9.59 Å². The number of carbonyl (C=O) groups excluding carboxylic acids is 2. The van der Waals surface area contributed by atoms with Gasteiger partial charge in [0.25, 0.3) is 5.91 Å². The van der Waals surface area contributed by atoms with Crippen molar-refractivity contribution in [2.24, 2.45) is 5.73 Å². The van der Waals surface area contributed by atoms with E-state index in [1.54, 1.807) is 18.6 Å². The summed E-state index contributed by atoms with van der Waals surface area (Å²) in [6.07, 6.45) is 3.39. The van der Waals surface area contributed by atoms with E-state index in [-0.39, 0.29) is 5.91 Å². The first-order valence-corrected chi connectivity index (χ1v) is 8.84. The van der Waals surface area contributed by atoms with Gasteiger partial charge in [-0.2, -0.15) is 0 Å². The van der Waals surface area contributed by atoms with Gasteiger partial charge in [-0.1, -0.05) is 23.7 Å². The summed E-state index contributed by atoms with van der Waals surface area (Å²) in [7, 11) is 0. The minimum absolute atomic E-state index is 0.260. The third kappa shape index (κ3) is 3.30. The fourth-order valence-corrected chi connectivity index (χ4v) is 3.85. The highest BCUT2D eigenvalue weighted by molar-refractivity contribution is 7.15. The van der Waals surface area contributed by atoms with Crippen LogP contribution in [0.2, 0.25) is 5.02 Å². The maximum atomic E-state index is 13.0. The number of aryl methyl sites for hydroxylation is 1. The van der Waals surface area contributed by atoms with Crippen molar-refractivity contribution in [3.8, 4) is 10.4 Å². The second kappa shape index (κ2) is 6.91. The van der Waals surface area contributed by atoms with Gasteiger partial charge in [0, 0.05) is 11.6 Å². The van der Waals surface area contributed by atoms with Gasteiger partial charge in [-0.25, -0.2) is 4.98 Å². The number of thiazole rings is 1. The highest BCUT2D eigenvalue weighted by Gasteiger charge is 2.33. The molecular formula is C17H17ClN3O2S. The second-order valence-electron chi connectivity index (χ2n) is 5.64. The van der Waals surface area contributed by atoms with E-state index in [4.69, 9.17) is 17.3 Å². The molecule has 1 aromatic heterocycles. The molecule has 7 heteroatoms. The van der Waals surface area contributed by atoms with Crippen LogP contribution in [0.15, 0.2) is 24.3 Å². The van der Waals surface area contributed by atoms with Crippen molar-refractivity contribution in [1.82, 2.24) is 9.88 Å². The van der Waals surface area contributed by atoms with Crippen molar-refractivity contribution in [2.75, 3.05) is 6.54 Å². The quantitative estimate of drug-likeness (QED) is 0.911. The molecule has 3 rings (SSSR count). The van der Waals surface area contributed by atoms with E-state index in [1.807, 2.05) is 19.1 Å². The highest BCUT2D eigenvalue weighted by atomic mass is 35.5. The molecule has 1 radical (unpaired) electrons. The van der Waals surface area contributed by atoms with Crippen LogP contribution in [0.3, 0.4) is 0 Å². The van der Waals surface area contributed by atoms with Crippen molar-refractivity contribution >= 4 is 34.8 Å². The molecule has 2 heterocycles. The molecule has 1 aromatic carbocycles. The molecule has 1 unspecified atom stereocenters.